The van der Waals surface area contributed by atoms with Crippen LogP contribution < -0.4 is 0 Å². The van der Waals surface area contributed by atoms with Crippen LogP contribution in [0.5, 0.6) is 0 Å². The molecule has 1 aromatic heterocycles. The first-order chi connectivity index (χ1) is 8.97. The highest BCUT2D eigenvalue weighted by Crippen LogP contribution is 2.41. The molecule has 0 bridgehead atoms. The number of nitrogens with zero attached hydrogens (tertiary/aromatic N) is 1. The Labute approximate surface area is 113 Å². The molecule has 0 radical (unpaired) electrons. The van der Waals surface area contributed by atoms with Crippen molar-refractivity contribution in [2.45, 2.75) is 13.3 Å². The quantitative estimate of drug-likeness (QED) is 0.874. The van der Waals surface area contributed by atoms with E-state index in [-0.39, 0.29) is 5.78 Å². The molecule has 6 heteroatoms. The molecule has 98 valence electrons. The molecule has 1 aliphatic carbocycles. The minimum Gasteiger partial charge on any atom is -0.481 e. The first-order valence-electron chi connectivity index (χ1n) is 5.81. The molecule has 0 aliphatic heterocycles. The second kappa shape index (κ2) is 4.06. The van der Waals surface area contributed by atoms with Crippen molar-refractivity contribution in [3.63, 3.8) is 0 Å². The van der Waals surface area contributed by atoms with Crippen molar-refractivity contribution in [3.05, 3.63) is 28.6 Å². The molecular weight excluding hydrogens is 270 g/mol. The van der Waals surface area contributed by atoms with Crippen molar-refractivity contribution >= 4 is 34.5 Å². The van der Waals surface area contributed by atoms with Gasteiger partial charge in [0.05, 0.1) is 10.9 Å². The topological polar surface area (TPSA) is 80.4 Å². The maximum Gasteiger partial charge on any atom is 0.307 e. The number of carbonyl (C=O) groups is 2. The maximum atomic E-state index is 12.1. The molecule has 1 aliphatic rings. The second-order valence-electron chi connectivity index (χ2n) is 4.69. The molecule has 1 N–H and O–H groups in total. The zero-order valence-electron chi connectivity index (χ0n) is 10.0. The minimum atomic E-state index is -0.930. The number of hydrogen-bond acceptors (Lipinski definition) is 4. The molecule has 19 heavy (non-hydrogen) atoms. The number of ketones is 1. The number of carboxylic acid groups (broad SMARTS) is 1. The van der Waals surface area contributed by atoms with Gasteiger partial charge in [0.15, 0.2) is 17.3 Å². The molecule has 1 saturated carbocycles. The largest absolute Gasteiger partial charge is 0.481 e. The molecule has 2 unspecified atom stereocenters. The lowest BCUT2D eigenvalue weighted by Gasteiger charge is -2.00. The number of carbonyl (C=O) groups excluding carboxylic acids is 1. The van der Waals surface area contributed by atoms with E-state index in [4.69, 9.17) is 21.1 Å². The Morgan fingerprint density at radius 2 is 2.16 bits per heavy atom. The molecule has 1 heterocycles. The monoisotopic (exact) mass is 279 g/mol. The SMILES string of the molecule is Cc1nc2c(Cl)cc(C(=O)C3CC3C(=O)O)cc2o1. The number of aliphatic carboxylic acids is 1. The van der Waals surface area contributed by atoms with E-state index in [1.807, 2.05) is 0 Å². The van der Waals surface area contributed by atoms with Gasteiger partial charge in [-0.3, -0.25) is 9.59 Å². The Balaban J connectivity index is 1.97. The second-order valence-corrected chi connectivity index (χ2v) is 5.10. The number of oxazole rings is 1. The van der Waals surface area contributed by atoms with Gasteiger partial charge < -0.3 is 9.52 Å². The van der Waals surface area contributed by atoms with E-state index in [0.29, 0.717) is 34.0 Å². The first kappa shape index (κ1) is 12.2. The summed E-state index contributed by atoms with van der Waals surface area (Å²) in [4.78, 5) is 27.0. The molecule has 0 spiro atoms. The Morgan fingerprint density at radius 3 is 2.79 bits per heavy atom. The third-order valence-corrected chi connectivity index (χ3v) is 3.57. The molecule has 1 aromatic carbocycles. The summed E-state index contributed by atoms with van der Waals surface area (Å²) in [6.45, 7) is 1.69. The summed E-state index contributed by atoms with van der Waals surface area (Å²) in [6.07, 6.45) is 0.388. The maximum absolute atomic E-state index is 12.1. The fourth-order valence-corrected chi connectivity index (χ4v) is 2.47. The van der Waals surface area contributed by atoms with Crippen LogP contribution in [-0.4, -0.2) is 21.8 Å². The summed E-state index contributed by atoms with van der Waals surface area (Å²) in [7, 11) is 0. The fourth-order valence-electron chi connectivity index (χ4n) is 2.21. The Hall–Kier alpha value is -1.88. The number of benzene rings is 1. The lowest BCUT2D eigenvalue weighted by molar-refractivity contribution is -0.138. The van der Waals surface area contributed by atoms with Gasteiger partial charge in [0.2, 0.25) is 0 Å². The molecule has 5 nitrogen and oxygen atoms in total. The van der Waals surface area contributed by atoms with Crippen molar-refractivity contribution in [3.8, 4) is 0 Å². The molecule has 0 saturated heterocycles. The van der Waals surface area contributed by atoms with E-state index in [9.17, 15) is 9.59 Å². The minimum absolute atomic E-state index is 0.203. The number of aryl methyl sites for hydroxylation is 1. The van der Waals surface area contributed by atoms with Crippen molar-refractivity contribution in [1.82, 2.24) is 4.98 Å². The van der Waals surface area contributed by atoms with Gasteiger partial charge in [-0.25, -0.2) is 4.98 Å². The van der Waals surface area contributed by atoms with Crippen LogP contribution >= 0.6 is 11.6 Å². The third kappa shape index (κ3) is 2.00. The van der Waals surface area contributed by atoms with E-state index in [0.717, 1.165) is 0 Å². The third-order valence-electron chi connectivity index (χ3n) is 3.28. The van der Waals surface area contributed by atoms with Crippen LogP contribution in [0.3, 0.4) is 0 Å². The van der Waals surface area contributed by atoms with Gasteiger partial charge in [-0.05, 0) is 18.6 Å². The Morgan fingerprint density at radius 1 is 1.42 bits per heavy atom. The number of carboxylic acids is 1. The number of hydrogen-bond donors (Lipinski definition) is 1. The van der Waals surface area contributed by atoms with Gasteiger partial charge >= 0.3 is 5.97 Å². The van der Waals surface area contributed by atoms with E-state index in [2.05, 4.69) is 4.98 Å². The van der Waals surface area contributed by atoms with Crippen LogP contribution in [0.25, 0.3) is 11.1 Å². The predicted molar refractivity (Wildman–Crippen MR) is 67.3 cm³/mol. The normalized spacial score (nSPS) is 21.6. The average molecular weight is 280 g/mol. The number of halogens is 1. The lowest BCUT2D eigenvalue weighted by Crippen LogP contribution is -2.08. The predicted octanol–water partition coefficient (Wildman–Crippen LogP) is 2.69. The highest BCUT2D eigenvalue weighted by Gasteiger charge is 2.48. The van der Waals surface area contributed by atoms with Gasteiger partial charge in [0, 0.05) is 18.4 Å². The smallest absolute Gasteiger partial charge is 0.307 e. The summed E-state index contributed by atoms with van der Waals surface area (Å²) >= 11 is 6.05. The zero-order chi connectivity index (χ0) is 13.7. The summed E-state index contributed by atoms with van der Waals surface area (Å²) in [5.74, 6) is -1.68. The first-order valence-corrected chi connectivity index (χ1v) is 6.19. The zero-order valence-corrected chi connectivity index (χ0v) is 10.8. The number of fused-ring (bicyclic) bond motifs is 1. The van der Waals surface area contributed by atoms with E-state index in [1.54, 1.807) is 13.0 Å². The van der Waals surface area contributed by atoms with E-state index >= 15 is 0 Å². The average Bonchev–Trinajstić information content (AvgIpc) is 3.05. The van der Waals surface area contributed by atoms with Gasteiger partial charge in [-0.15, -0.1) is 0 Å². The molecule has 3 rings (SSSR count). The van der Waals surface area contributed by atoms with Gasteiger partial charge in [0.25, 0.3) is 0 Å². The number of Topliss-reactive ketones (excluding diaryl/α,β-unsaturated/α-hetero) is 1. The number of aromatic nitrogens is 1. The summed E-state index contributed by atoms with van der Waals surface area (Å²) in [5, 5.41) is 9.18. The molecular formula is C13H10ClNO4. The molecule has 0 amide bonds. The van der Waals surface area contributed by atoms with Gasteiger partial charge in [-0.1, -0.05) is 11.6 Å². The Kier molecular flexibility index (Phi) is 2.60. The van der Waals surface area contributed by atoms with Crippen LogP contribution in [-0.2, 0) is 4.79 Å². The summed E-state index contributed by atoms with van der Waals surface area (Å²) in [5.41, 5.74) is 1.34. The molecule has 2 aromatic rings. The van der Waals surface area contributed by atoms with E-state index < -0.39 is 17.8 Å². The van der Waals surface area contributed by atoms with Crippen LogP contribution in [0, 0.1) is 18.8 Å². The van der Waals surface area contributed by atoms with Gasteiger partial charge in [0.1, 0.15) is 5.52 Å². The molecule has 2 atom stereocenters. The fraction of sp³-hybridized carbons (Fsp3) is 0.308. The Bertz CT molecular complexity index is 706. The van der Waals surface area contributed by atoms with E-state index in [1.165, 1.54) is 6.07 Å². The molecule has 1 fully saturated rings. The van der Waals surface area contributed by atoms with Crippen LogP contribution in [0.4, 0.5) is 0 Å². The summed E-state index contributed by atoms with van der Waals surface area (Å²) in [6, 6.07) is 3.09. The van der Waals surface area contributed by atoms with Crippen molar-refractivity contribution in [2.75, 3.05) is 0 Å². The van der Waals surface area contributed by atoms with Crippen molar-refractivity contribution in [2.24, 2.45) is 11.8 Å². The van der Waals surface area contributed by atoms with Gasteiger partial charge in [-0.2, -0.15) is 0 Å². The van der Waals surface area contributed by atoms with Crippen LogP contribution in [0.15, 0.2) is 16.5 Å². The highest BCUT2D eigenvalue weighted by atomic mass is 35.5. The van der Waals surface area contributed by atoms with Crippen LogP contribution in [0.1, 0.15) is 22.7 Å². The highest BCUT2D eigenvalue weighted by molar-refractivity contribution is 6.35. The lowest BCUT2D eigenvalue weighted by atomic mass is 10.1. The van der Waals surface area contributed by atoms with Crippen molar-refractivity contribution in [1.29, 1.82) is 0 Å². The van der Waals surface area contributed by atoms with Crippen LogP contribution in [0.2, 0.25) is 5.02 Å². The number of rotatable bonds is 3. The standard InChI is InChI=1S/C13H10ClNO4/c1-5-15-11-9(14)2-6(3-10(11)19-5)12(16)7-4-8(7)13(17)18/h2-3,7-8H,4H2,1H3,(H,17,18). The summed E-state index contributed by atoms with van der Waals surface area (Å²) < 4.78 is 5.35. The van der Waals surface area contributed by atoms with Crippen molar-refractivity contribution < 1.29 is 19.1 Å².